The molecule has 26 heavy (non-hydrogen) atoms. The Labute approximate surface area is 169 Å². The summed E-state index contributed by atoms with van der Waals surface area (Å²) >= 11 is 13.9. The summed E-state index contributed by atoms with van der Waals surface area (Å²) in [6, 6.07) is 7.91. The number of fused-ring (bicyclic) bond motifs is 1. The molecule has 0 aliphatic carbocycles. The molecule has 3 aromatic rings. The third-order valence-corrected chi connectivity index (χ3v) is 5.31. The van der Waals surface area contributed by atoms with Gasteiger partial charge in [-0.05, 0) is 41.1 Å². The first-order chi connectivity index (χ1) is 12.3. The Bertz CT molecular complexity index is 878. The van der Waals surface area contributed by atoms with Crippen molar-refractivity contribution < 1.29 is 0 Å². The van der Waals surface area contributed by atoms with Gasteiger partial charge in [-0.25, -0.2) is 4.98 Å². The van der Waals surface area contributed by atoms with E-state index in [9.17, 15) is 0 Å². The Morgan fingerprint density at radius 3 is 2.15 bits per heavy atom. The van der Waals surface area contributed by atoms with Crippen LogP contribution in [0.25, 0.3) is 21.3 Å². The van der Waals surface area contributed by atoms with E-state index >= 15 is 0 Å². The van der Waals surface area contributed by atoms with Crippen molar-refractivity contribution in [2.75, 3.05) is 18.0 Å². The molecule has 0 fully saturated rings. The van der Waals surface area contributed by atoms with Crippen molar-refractivity contribution in [1.82, 2.24) is 9.97 Å². The maximum absolute atomic E-state index is 6.26. The Balaban J connectivity index is 2.19. The standard InChI is InChI=1S/C20H23Cl2N3S/c1-12(2)9-25(10-13(3)4)18-17-16(14-5-7-15(21)8-6-14)11-26-19(17)24-20(22)23-18/h5-8,11-13H,9-10H2,1-4H3. The van der Waals surface area contributed by atoms with Crippen LogP contribution in [0.3, 0.4) is 0 Å². The average molecular weight is 408 g/mol. The first kappa shape index (κ1) is 19.4. The topological polar surface area (TPSA) is 29.0 Å². The van der Waals surface area contributed by atoms with Gasteiger partial charge in [0.15, 0.2) is 0 Å². The second-order valence-electron chi connectivity index (χ2n) is 7.35. The minimum absolute atomic E-state index is 0.300. The molecule has 6 heteroatoms. The molecule has 0 spiro atoms. The summed E-state index contributed by atoms with van der Waals surface area (Å²) in [6.07, 6.45) is 0. The predicted molar refractivity (Wildman–Crippen MR) is 115 cm³/mol. The van der Waals surface area contributed by atoms with Gasteiger partial charge in [0.05, 0.1) is 5.39 Å². The lowest BCUT2D eigenvalue weighted by Gasteiger charge is -2.28. The molecule has 138 valence electrons. The quantitative estimate of drug-likeness (QED) is 0.421. The maximum Gasteiger partial charge on any atom is 0.225 e. The largest absolute Gasteiger partial charge is 0.355 e. The lowest BCUT2D eigenvalue weighted by molar-refractivity contribution is 0.550. The zero-order valence-corrected chi connectivity index (χ0v) is 17.8. The first-order valence-electron chi connectivity index (χ1n) is 8.80. The number of aromatic nitrogens is 2. The molecule has 1 aromatic carbocycles. The molecule has 0 bridgehead atoms. The number of nitrogens with zero attached hydrogens (tertiary/aromatic N) is 3. The molecular formula is C20H23Cl2N3S. The number of rotatable bonds is 6. The van der Waals surface area contributed by atoms with Gasteiger partial charge in [0.25, 0.3) is 0 Å². The molecule has 0 aliphatic rings. The van der Waals surface area contributed by atoms with Crippen molar-refractivity contribution in [2.24, 2.45) is 11.8 Å². The fourth-order valence-electron chi connectivity index (χ4n) is 3.10. The van der Waals surface area contributed by atoms with Crippen LogP contribution in [-0.2, 0) is 0 Å². The van der Waals surface area contributed by atoms with E-state index in [1.54, 1.807) is 11.3 Å². The molecule has 3 rings (SSSR count). The third-order valence-electron chi connectivity index (χ3n) is 4.01. The zero-order chi connectivity index (χ0) is 18.8. The Kier molecular flexibility index (Phi) is 6.06. The second kappa shape index (κ2) is 8.12. The van der Waals surface area contributed by atoms with Crippen molar-refractivity contribution in [1.29, 1.82) is 0 Å². The van der Waals surface area contributed by atoms with Gasteiger partial charge in [-0.2, -0.15) is 4.98 Å². The molecule has 0 saturated heterocycles. The molecule has 3 nitrogen and oxygen atoms in total. The van der Waals surface area contributed by atoms with Gasteiger partial charge in [-0.1, -0.05) is 51.4 Å². The van der Waals surface area contributed by atoms with E-state index in [-0.39, 0.29) is 0 Å². The van der Waals surface area contributed by atoms with Crippen LogP contribution in [0.4, 0.5) is 5.82 Å². The zero-order valence-electron chi connectivity index (χ0n) is 15.5. The van der Waals surface area contributed by atoms with Crippen molar-refractivity contribution >= 4 is 50.6 Å². The molecule has 0 unspecified atom stereocenters. The highest BCUT2D eigenvalue weighted by Gasteiger charge is 2.21. The van der Waals surface area contributed by atoms with Gasteiger partial charge in [0, 0.05) is 29.1 Å². The van der Waals surface area contributed by atoms with Crippen LogP contribution >= 0.6 is 34.5 Å². The normalized spacial score (nSPS) is 11.7. The molecule has 0 radical (unpaired) electrons. The van der Waals surface area contributed by atoms with Gasteiger partial charge in [-0.3, -0.25) is 0 Å². The highest BCUT2D eigenvalue weighted by atomic mass is 35.5. The molecule has 0 amide bonds. The van der Waals surface area contributed by atoms with Crippen LogP contribution in [0, 0.1) is 11.8 Å². The summed E-state index contributed by atoms with van der Waals surface area (Å²) in [5.41, 5.74) is 2.24. The number of benzene rings is 1. The molecule has 0 aliphatic heterocycles. The fourth-order valence-corrected chi connectivity index (χ4v) is 4.38. The summed E-state index contributed by atoms with van der Waals surface area (Å²) in [4.78, 5) is 12.4. The van der Waals surface area contributed by atoms with E-state index in [1.165, 1.54) is 0 Å². The number of hydrogen-bond donors (Lipinski definition) is 0. The van der Waals surface area contributed by atoms with E-state index in [0.29, 0.717) is 17.1 Å². The van der Waals surface area contributed by atoms with Crippen molar-refractivity contribution in [2.45, 2.75) is 27.7 Å². The summed E-state index contributed by atoms with van der Waals surface area (Å²) in [5, 5.41) is 4.23. The highest BCUT2D eigenvalue weighted by molar-refractivity contribution is 7.17. The lowest BCUT2D eigenvalue weighted by Crippen LogP contribution is -2.32. The summed E-state index contributed by atoms with van der Waals surface area (Å²) in [6.45, 7) is 10.7. The highest BCUT2D eigenvalue weighted by Crippen LogP contribution is 2.39. The van der Waals surface area contributed by atoms with E-state index < -0.39 is 0 Å². The van der Waals surface area contributed by atoms with E-state index in [1.807, 2.05) is 24.3 Å². The van der Waals surface area contributed by atoms with Crippen LogP contribution in [0.2, 0.25) is 10.3 Å². The van der Waals surface area contributed by atoms with Crippen LogP contribution in [0.5, 0.6) is 0 Å². The van der Waals surface area contributed by atoms with Gasteiger partial charge in [0.2, 0.25) is 5.28 Å². The van der Waals surface area contributed by atoms with Gasteiger partial charge in [-0.15, -0.1) is 11.3 Å². The van der Waals surface area contributed by atoms with Crippen molar-refractivity contribution in [3.05, 3.63) is 40.0 Å². The Morgan fingerprint density at radius 1 is 0.962 bits per heavy atom. The number of halogens is 2. The summed E-state index contributed by atoms with van der Waals surface area (Å²) < 4.78 is 0. The Morgan fingerprint density at radius 2 is 1.58 bits per heavy atom. The van der Waals surface area contributed by atoms with E-state index in [4.69, 9.17) is 23.2 Å². The van der Waals surface area contributed by atoms with Crippen LogP contribution in [-0.4, -0.2) is 23.1 Å². The van der Waals surface area contributed by atoms with E-state index in [0.717, 1.165) is 45.3 Å². The molecule has 0 N–H and O–H groups in total. The minimum atomic E-state index is 0.300. The third kappa shape index (κ3) is 4.30. The lowest BCUT2D eigenvalue weighted by atomic mass is 10.1. The molecule has 2 aromatic heterocycles. The Hall–Kier alpha value is -1.36. The van der Waals surface area contributed by atoms with Crippen molar-refractivity contribution in [3.63, 3.8) is 0 Å². The fraction of sp³-hybridized carbons (Fsp3) is 0.400. The first-order valence-corrected chi connectivity index (χ1v) is 10.4. The van der Waals surface area contributed by atoms with Crippen molar-refractivity contribution in [3.8, 4) is 11.1 Å². The van der Waals surface area contributed by atoms with Gasteiger partial charge in [0.1, 0.15) is 10.6 Å². The van der Waals surface area contributed by atoms with E-state index in [2.05, 4.69) is 47.9 Å². The predicted octanol–water partition coefficient (Wildman–Crippen LogP) is 6.78. The molecule has 2 heterocycles. The number of hydrogen-bond acceptors (Lipinski definition) is 4. The minimum Gasteiger partial charge on any atom is -0.355 e. The average Bonchev–Trinajstić information content (AvgIpc) is 2.97. The van der Waals surface area contributed by atoms with Crippen LogP contribution < -0.4 is 4.90 Å². The van der Waals surface area contributed by atoms with Crippen LogP contribution in [0.15, 0.2) is 29.6 Å². The monoisotopic (exact) mass is 407 g/mol. The number of anilines is 1. The van der Waals surface area contributed by atoms with Gasteiger partial charge < -0.3 is 4.90 Å². The smallest absolute Gasteiger partial charge is 0.225 e. The van der Waals surface area contributed by atoms with Gasteiger partial charge >= 0.3 is 0 Å². The summed E-state index contributed by atoms with van der Waals surface area (Å²) in [5.74, 6) is 1.97. The van der Waals surface area contributed by atoms with Crippen LogP contribution in [0.1, 0.15) is 27.7 Å². The summed E-state index contributed by atoms with van der Waals surface area (Å²) in [7, 11) is 0. The second-order valence-corrected chi connectivity index (χ2v) is 8.98. The SMILES string of the molecule is CC(C)CN(CC(C)C)c1nc(Cl)nc2scc(-c3ccc(Cl)cc3)c12. The molecular weight excluding hydrogens is 385 g/mol. The number of thiophene rings is 1. The maximum atomic E-state index is 6.26. The molecule has 0 atom stereocenters. The molecule has 0 saturated carbocycles.